The van der Waals surface area contributed by atoms with Gasteiger partial charge in [-0.1, -0.05) is 49.6 Å². The first kappa shape index (κ1) is 19.8. The van der Waals surface area contributed by atoms with Gasteiger partial charge in [0.25, 0.3) is 0 Å². The summed E-state index contributed by atoms with van der Waals surface area (Å²) in [5.74, 6) is -1.45. The van der Waals surface area contributed by atoms with Crippen LogP contribution in [0.15, 0.2) is 30.3 Å². The number of rotatable bonds is 8. The molecule has 1 fully saturated rings. The quantitative estimate of drug-likeness (QED) is 0.533. The Bertz CT molecular complexity index is 600. The minimum atomic E-state index is -1.10. The molecule has 3 amide bonds. The second kappa shape index (κ2) is 10.4. The van der Waals surface area contributed by atoms with Crippen molar-refractivity contribution >= 4 is 17.9 Å². The fourth-order valence-electron chi connectivity index (χ4n) is 3.10. The van der Waals surface area contributed by atoms with Gasteiger partial charge in [0.15, 0.2) is 6.04 Å². The maximum absolute atomic E-state index is 12.0. The average Bonchev–Trinajstić information content (AvgIpc) is 2.64. The number of carbonyl (C=O) groups is 3. The van der Waals surface area contributed by atoms with E-state index < -0.39 is 12.0 Å². The molecule has 0 unspecified atom stereocenters. The number of nitrogens with one attached hydrogen (secondary N) is 3. The number of carbonyl (C=O) groups excluding carboxylic acids is 2. The van der Waals surface area contributed by atoms with Gasteiger partial charge in [-0.15, -0.1) is 0 Å². The third-order valence-corrected chi connectivity index (χ3v) is 4.49. The molecule has 0 radical (unpaired) electrons. The van der Waals surface area contributed by atoms with E-state index >= 15 is 0 Å². The molecule has 0 heterocycles. The molecular weight excluding hydrogens is 334 g/mol. The molecule has 1 aromatic rings. The topological polar surface area (TPSA) is 108 Å². The lowest BCUT2D eigenvalue weighted by atomic mass is 9.96. The summed E-state index contributed by atoms with van der Waals surface area (Å²) in [5, 5.41) is 17.5. The maximum Gasteiger partial charge on any atom is 0.330 e. The summed E-state index contributed by atoms with van der Waals surface area (Å²) in [5.41, 5.74) is 0.526. The van der Waals surface area contributed by atoms with Crippen molar-refractivity contribution in [1.29, 1.82) is 0 Å². The van der Waals surface area contributed by atoms with Crippen LogP contribution in [-0.4, -0.2) is 35.6 Å². The van der Waals surface area contributed by atoms with Gasteiger partial charge in [-0.25, -0.2) is 9.59 Å². The third kappa shape index (κ3) is 6.74. The Kier molecular flexibility index (Phi) is 7.92. The standard InChI is InChI=1S/C19H27N3O4/c23-16(22-17(18(24)25)14-8-3-1-4-9-14)12-7-13-20-19(26)21-15-10-5-2-6-11-15/h1,3-4,8-9,15,17H,2,5-7,10-13H2,(H,22,23)(H,24,25)(H2,20,21,26)/t17-/m0/s1. The average molecular weight is 361 g/mol. The number of hydrogen-bond acceptors (Lipinski definition) is 3. The molecule has 0 bridgehead atoms. The fourth-order valence-corrected chi connectivity index (χ4v) is 3.10. The largest absolute Gasteiger partial charge is 0.479 e. The highest BCUT2D eigenvalue weighted by molar-refractivity contribution is 5.84. The number of carboxylic acid groups (broad SMARTS) is 1. The second-order valence-electron chi connectivity index (χ2n) is 6.59. The number of carboxylic acids is 1. The van der Waals surface area contributed by atoms with Crippen molar-refractivity contribution < 1.29 is 19.5 Å². The first-order chi connectivity index (χ1) is 12.6. The molecule has 0 spiro atoms. The third-order valence-electron chi connectivity index (χ3n) is 4.49. The molecule has 0 saturated heterocycles. The van der Waals surface area contributed by atoms with Crippen LogP contribution in [0.25, 0.3) is 0 Å². The maximum atomic E-state index is 12.0. The Hall–Kier alpha value is -2.57. The van der Waals surface area contributed by atoms with Crippen molar-refractivity contribution in [3.8, 4) is 0 Å². The SMILES string of the molecule is O=C(CCCNC(=O)NC1CCCCC1)N[C@H](C(=O)O)c1ccccc1. The van der Waals surface area contributed by atoms with E-state index in [1.165, 1.54) is 6.42 Å². The molecule has 7 nitrogen and oxygen atoms in total. The van der Waals surface area contributed by atoms with Crippen LogP contribution in [0.3, 0.4) is 0 Å². The molecule has 2 rings (SSSR count). The zero-order chi connectivity index (χ0) is 18.8. The van der Waals surface area contributed by atoms with E-state index in [0.717, 1.165) is 25.7 Å². The lowest BCUT2D eigenvalue weighted by Gasteiger charge is -2.22. The molecule has 1 aliphatic rings. The summed E-state index contributed by atoms with van der Waals surface area (Å²) in [4.78, 5) is 35.2. The van der Waals surface area contributed by atoms with Crippen LogP contribution < -0.4 is 16.0 Å². The summed E-state index contributed by atoms with van der Waals surface area (Å²) in [7, 11) is 0. The molecular formula is C19H27N3O4. The van der Waals surface area contributed by atoms with Crippen LogP contribution in [0.1, 0.15) is 56.6 Å². The van der Waals surface area contributed by atoms with E-state index in [9.17, 15) is 19.5 Å². The lowest BCUT2D eigenvalue weighted by Crippen LogP contribution is -2.43. The van der Waals surface area contributed by atoms with E-state index in [1.54, 1.807) is 30.3 Å². The van der Waals surface area contributed by atoms with Gasteiger partial charge >= 0.3 is 12.0 Å². The van der Waals surface area contributed by atoms with Crippen LogP contribution >= 0.6 is 0 Å². The predicted molar refractivity (Wildman–Crippen MR) is 97.6 cm³/mol. The Balaban J connectivity index is 1.66. The summed E-state index contributed by atoms with van der Waals surface area (Å²) < 4.78 is 0. The van der Waals surface area contributed by atoms with Gasteiger partial charge in [0.1, 0.15) is 0 Å². The highest BCUT2D eigenvalue weighted by atomic mass is 16.4. The first-order valence-corrected chi connectivity index (χ1v) is 9.17. The lowest BCUT2D eigenvalue weighted by molar-refractivity contribution is -0.142. The first-order valence-electron chi connectivity index (χ1n) is 9.17. The zero-order valence-corrected chi connectivity index (χ0v) is 14.9. The zero-order valence-electron chi connectivity index (χ0n) is 14.9. The molecule has 7 heteroatoms. The Morgan fingerprint density at radius 1 is 1.08 bits per heavy atom. The van der Waals surface area contributed by atoms with E-state index in [4.69, 9.17) is 0 Å². The van der Waals surface area contributed by atoms with Gasteiger partial charge in [0.05, 0.1) is 0 Å². The molecule has 0 aromatic heterocycles. The minimum Gasteiger partial charge on any atom is -0.479 e. The van der Waals surface area contributed by atoms with Crippen molar-refractivity contribution in [2.75, 3.05) is 6.54 Å². The van der Waals surface area contributed by atoms with Gasteiger partial charge in [-0.2, -0.15) is 0 Å². The molecule has 1 saturated carbocycles. The van der Waals surface area contributed by atoms with E-state index in [1.807, 2.05) is 0 Å². The molecule has 26 heavy (non-hydrogen) atoms. The van der Waals surface area contributed by atoms with Crippen molar-refractivity contribution in [2.24, 2.45) is 0 Å². The van der Waals surface area contributed by atoms with Crippen molar-refractivity contribution in [3.05, 3.63) is 35.9 Å². The number of urea groups is 1. The van der Waals surface area contributed by atoms with Gasteiger partial charge < -0.3 is 21.1 Å². The summed E-state index contributed by atoms with van der Waals surface area (Å²) in [6, 6.07) is 7.55. The van der Waals surface area contributed by atoms with Crippen molar-refractivity contribution in [2.45, 2.75) is 57.0 Å². The fraction of sp³-hybridized carbons (Fsp3) is 0.526. The van der Waals surface area contributed by atoms with Gasteiger partial charge in [-0.05, 0) is 24.8 Å². The second-order valence-corrected chi connectivity index (χ2v) is 6.59. The summed E-state index contributed by atoms with van der Waals surface area (Å²) >= 11 is 0. The number of benzene rings is 1. The molecule has 1 aromatic carbocycles. The van der Waals surface area contributed by atoms with Crippen molar-refractivity contribution in [1.82, 2.24) is 16.0 Å². The minimum absolute atomic E-state index is 0.153. The number of hydrogen-bond donors (Lipinski definition) is 4. The monoisotopic (exact) mass is 361 g/mol. The Morgan fingerprint density at radius 3 is 2.42 bits per heavy atom. The number of aliphatic carboxylic acids is 1. The smallest absolute Gasteiger partial charge is 0.330 e. The van der Waals surface area contributed by atoms with Crippen LogP contribution in [0.4, 0.5) is 4.79 Å². The van der Waals surface area contributed by atoms with E-state index in [-0.39, 0.29) is 24.4 Å². The molecule has 1 atom stereocenters. The van der Waals surface area contributed by atoms with Crippen LogP contribution in [0.5, 0.6) is 0 Å². The van der Waals surface area contributed by atoms with E-state index in [2.05, 4.69) is 16.0 Å². The summed E-state index contributed by atoms with van der Waals surface area (Å²) in [6.45, 7) is 0.370. The van der Waals surface area contributed by atoms with Crippen molar-refractivity contribution in [3.63, 3.8) is 0 Å². The van der Waals surface area contributed by atoms with Crippen LogP contribution in [-0.2, 0) is 9.59 Å². The molecule has 4 N–H and O–H groups in total. The molecule has 142 valence electrons. The summed E-state index contributed by atoms with van der Waals surface area (Å²) in [6.07, 6.45) is 6.17. The highest BCUT2D eigenvalue weighted by Gasteiger charge is 2.21. The van der Waals surface area contributed by atoms with Crippen LogP contribution in [0.2, 0.25) is 0 Å². The van der Waals surface area contributed by atoms with Gasteiger partial charge in [-0.3, -0.25) is 4.79 Å². The normalized spacial score (nSPS) is 15.7. The highest BCUT2D eigenvalue weighted by Crippen LogP contribution is 2.17. The molecule has 1 aliphatic carbocycles. The van der Waals surface area contributed by atoms with E-state index in [0.29, 0.717) is 18.5 Å². The van der Waals surface area contributed by atoms with Gasteiger partial charge in [0, 0.05) is 19.0 Å². The van der Waals surface area contributed by atoms with Crippen LogP contribution in [0, 0.1) is 0 Å². The predicted octanol–water partition coefficient (Wildman–Crippen LogP) is 2.34. The molecule has 0 aliphatic heterocycles. The Labute approximate surface area is 153 Å². The number of amides is 3. The van der Waals surface area contributed by atoms with Gasteiger partial charge in [0.2, 0.25) is 5.91 Å². The Morgan fingerprint density at radius 2 is 1.77 bits per heavy atom.